The van der Waals surface area contributed by atoms with E-state index in [1.807, 2.05) is 6.92 Å². The maximum Gasteiger partial charge on any atom is 0.195 e. The smallest absolute Gasteiger partial charge is 0.195 e. The number of hydrogen-bond acceptors (Lipinski definition) is 3. The molecule has 0 atom stereocenters. The number of benzene rings is 3. The van der Waals surface area contributed by atoms with Crippen molar-refractivity contribution in [3.63, 3.8) is 0 Å². The molecule has 0 spiro atoms. The number of methoxy groups -OCH3 is 2. The molecule has 0 fully saturated rings. The van der Waals surface area contributed by atoms with Gasteiger partial charge in [-0.05, 0) is 36.4 Å². The first-order valence-electron chi connectivity index (χ1n) is 9.75. The lowest BCUT2D eigenvalue weighted by molar-refractivity contribution is 0.403. The molecule has 7 heteroatoms. The number of ether oxygens (including phenoxy) is 2. The van der Waals surface area contributed by atoms with E-state index in [0.717, 1.165) is 18.6 Å². The maximum absolute atomic E-state index is 15.7. The normalized spacial score (nSPS) is 10.9. The van der Waals surface area contributed by atoms with Gasteiger partial charge in [0, 0.05) is 16.0 Å². The Balaban J connectivity index is 2.29. The minimum atomic E-state index is -1.75. The van der Waals surface area contributed by atoms with Crippen LogP contribution in [0.4, 0.5) is 17.6 Å². The standard InChI is InChI=1S/C24H22F4O2S/c1-4-5-12-31-18-9-7-6-8-15(18)19-21(25)20(23(27)24(28)22(19)26)16-13-14(29-2)10-11-17(16)30-3/h6-11,13H,4-5,12H2,1-3H3. The van der Waals surface area contributed by atoms with Crippen molar-refractivity contribution in [1.29, 1.82) is 0 Å². The summed E-state index contributed by atoms with van der Waals surface area (Å²) in [5, 5.41) is 0. The highest BCUT2D eigenvalue weighted by Crippen LogP contribution is 2.43. The Morgan fingerprint density at radius 3 is 2.10 bits per heavy atom. The average molecular weight is 450 g/mol. The number of halogens is 4. The molecule has 0 amide bonds. The van der Waals surface area contributed by atoms with Gasteiger partial charge in [0.25, 0.3) is 0 Å². The van der Waals surface area contributed by atoms with Crippen LogP contribution < -0.4 is 9.47 Å². The molecule has 0 heterocycles. The Kier molecular flexibility index (Phi) is 7.49. The van der Waals surface area contributed by atoms with Gasteiger partial charge in [0.05, 0.1) is 25.3 Å². The van der Waals surface area contributed by atoms with Crippen LogP contribution in [0.15, 0.2) is 47.4 Å². The minimum absolute atomic E-state index is 0.0758. The van der Waals surface area contributed by atoms with Crippen molar-refractivity contribution in [2.24, 2.45) is 0 Å². The van der Waals surface area contributed by atoms with E-state index in [1.54, 1.807) is 24.3 Å². The molecule has 0 aliphatic rings. The number of thioether (sulfide) groups is 1. The maximum atomic E-state index is 15.7. The van der Waals surface area contributed by atoms with E-state index < -0.39 is 34.4 Å². The van der Waals surface area contributed by atoms with Crippen LogP contribution in [-0.4, -0.2) is 20.0 Å². The predicted molar refractivity (Wildman–Crippen MR) is 116 cm³/mol. The zero-order chi connectivity index (χ0) is 22.5. The third-order valence-corrected chi connectivity index (χ3v) is 6.01. The molecule has 0 unspecified atom stereocenters. The Bertz CT molecular complexity index is 1090. The fraction of sp³-hybridized carbons (Fsp3) is 0.250. The van der Waals surface area contributed by atoms with E-state index in [0.29, 0.717) is 4.90 Å². The van der Waals surface area contributed by atoms with Gasteiger partial charge < -0.3 is 9.47 Å². The molecule has 3 aromatic carbocycles. The largest absolute Gasteiger partial charge is 0.497 e. The van der Waals surface area contributed by atoms with Crippen LogP contribution in [0.3, 0.4) is 0 Å². The van der Waals surface area contributed by atoms with Crippen LogP contribution in [0.25, 0.3) is 22.3 Å². The molecular weight excluding hydrogens is 428 g/mol. The highest BCUT2D eigenvalue weighted by atomic mass is 32.2. The van der Waals surface area contributed by atoms with Crippen LogP contribution in [0.5, 0.6) is 11.5 Å². The molecule has 0 aliphatic heterocycles. The van der Waals surface area contributed by atoms with Crippen molar-refractivity contribution < 1.29 is 27.0 Å². The molecule has 0 aromatic heterocycles. The van der Waals surface area contributed by atoms with Gasteiger partial charge in [-0.1, -0.05) is 31.5 Å². The van der Waals surface area contributed by atoms with Crippen LogP contribution in [0, 0.1) is 23.3 Å². The summed E-state index contributed by atoms with van der Waals surface area (Å²) in [7, 11) is 2.71. The Hall–Kier alpha value is -2.67. The van der Waals surface area contributed by atoms with E-state index in [9.17, 15) is 13.2 Å². The van der Waals surface area contributed by atoms with Crippen LogP contribution >= 0.6 is 11.8 Å². The topological polar surface area (TPSA) is 18.5 Å². The molecule has 31 heavy (non-hydrogen) atoms. The highest BCUT2D eigenvalue weighted by molar-refractivity contribution is 7.99. The van der Waals surface area contributed by atoms with Crippen molar-refractivity contribution in [3.05, 3.63) is 65.7 Å². The molecule has 0 saturated carbocycles. The summed E-state index contributed by atoms with van der Waals surface area (Å²) in [5.41, 5.74) is -1.23. The summed E-state index contributed by atoms with van der Waals surface area (Å²) in [4.78, 5) is 0.586. The van der Waals surface area contributed by atoms with Crippen molar-refractivity contribution >= 4 is 11.8 Å². The lowest BCUT2D eigenvalue weighted by Crippen LogP contribution is -2.05. The lowest BCUT2D eigenvalue weighted by atomic mass is 9.95. The second kappa shape index (κ2) is 10.1. The van der Waals surface area contributed by atoms with Gasteiger partial charge in [0.1, 0.15) is 17.3 Å². The molecule has 164 valence electrons. The first-order chi connectivity index (χ1) is 14.9. The van der Waals surface area contributed by atoms with E-state index in [4.69, 9.17) is 9.47 Å². The van der Waals surface area contributed by atoms with Gasteiger partial charge in [-0.25, -0.2) is 17.6 Å². The summed E-state index contributed by atoms with van der Waals surface area (Å²) in [5.74, 6) is -5.02. The van der Waals surface area contributed by atoms with Gasteiger partial charge >= 0.3 is 0 Å². The van der Waals surface area contributed by atoms with E-state index in [2.05, 4.69) is 0 Å². The van der Waals surface area contributed by atoms with E-state index in [-0.39, 0.29) is 22.6 Å². The second-order valence-corrected chi connectivity index (χ2v) is 7.91. The third kappa shape index (κ3) is 4.51. The molecule has 0 saturated heterocycles. The van der Waals surface area contributed by atoms with Crippen LogP contribution in [-0.2, 0) is 0 Å². The molecule has 0 radical (unpaired) electrons. The highest BCUT2D eigenvalue weighted by Gasteiger charge is 2.29. The van der Waals surface area contributed by atoms with Crippen molar-refractivity contribution in [2.75, 3.05) is 20.0 Å². The Morgan fingerprint density at radius 1 is 0.774 bits per heavy atom. The van der Waals surface area contributed by atoms with Crippen LogP contribution in [0.2, 0.25) is 0 Å². The molecule has 0 bridgehead atoms. The van der Waals surface area contributed by atoms with Gasteiger partial charge in [-0.3, -0.25) is 0 Å². The predicted octanol–water partition coefficient (Wildman–Crippen LogP) is 7.49. The molecule has 2 nitrogen and oxygen atoms in total. The molecule has 3 aromatic rings. The minimum Gasteiger partial charge on any atom is -0.497 e. The lowest BCUT2D eigenvalue weighted by Gasteiger charge is -2.17. The zero-order valence-electron chi connectivity index (χ0n) is 17.4. The Morgan fingerprint density at radius 2 is 1.45 bits per heavy atom. The molecule has 0 aliphatic carbocycles. The van der Waals surface area contributed by atoms with Crippen molar-refractivity contribution in [1.82, 2.24) is 0 Å². The van der Waals surface area contributed by atoms with Gasteiger partial charge in [0.15, 0.2) is 17.5 Å². The molecular formula is C24H22F4O2S. The summed E-state index contributed by atoms with van der Waals surface area (Å²) in [6, 6.07) is 10.9. The van der Waals surface area contributed by atoms with Crippen molar-refractivity contribution in [2.45, 2.75) is 24.7 Å². The summed E-state index contributed by atoms with van der Waals surface area (Å²) < 4.78 is 70.4. The van der Waals surface area contributed by atoms with Crippen LogP contribution in [0.1, 0.15) is 19.8 Å². The van der Waals surface area contributed by atoms with Gasteiger partial charge in [0.2, 0.25) is 0 Å². The van der Waals surface area contributed by atoms with Gasteiger partial charge in [-0.15, -0.1) is 11.8 Å². The fourth-order valence-corrected chi connectivity index (χ4v) is 4.39. The van der Waals surface area contributed by atoms with E-state index >= 15 is 4.39 Å². The van der Waals surface area contributed by atoms with E-state index in [1.165, 1.54) is 44.2 Å². The summed E-state index contributed by atoms with van der Waals surface area (Å²) in [6.45, 7) is 2.04. The number of hydrogen-bond donors (Lipinski definition) is 0. The van der Waals surface area contributed by atoms with Gasteiger partial charge in [-0.2, -0.15) is 0 Å². The first-order valence-corrected chi connectivity index (χ1v) is 10.7. The first kappa shape index (κ1) is 23.0. The Labute approximate surface area is 183 Å². The molecule has 3 rings (SSSR count). The monoisotopic (exact) mass is 450 g/mol. The second-order valence-electron chi connectivity index (χ2n) is 6.77. The zero-order valence-corrected chi connectivity index (χ0v) is 18.2. The summed E-state index contributed by atoms with van der Waals surface area (Å²) >= 11 is 1.42. The molecule has 0 N–H and O–H groups in total. The SMILES string of the molecule is CCCCSc1ccccc1-c1c(F)c(F)c(F)c(-c2cc(OC)ccc2OC)c1F. The quantitative estimate of drug-likeness (QED) is 0.116. The number of rotatable bonds is 8. The third-order valence-electron chi connectivity index (χ3n) is 4.85. The average Bonchev–Trinajstić information content (AvgIpc) is 2.79. The van der Waals surface area contributed by atoms with Crippen molar-refractivity contribution in [3.8, 4) is 33.8 Å². The summed E-state index contributed by atoms with van der Waals surface area (Å²) in [6.07, 6.45) is 1.87. The number of unbranched alkanes of at least 4 members (excludes halogenated alkanes) is 1. The fourth-order valence-electron chi connectivity index (χ4n) is 3.24.